The average Bonchev–Trinajstić information content (AvgIpc) is 3.27. The van der Waals surface area contributed by atoms with Gasteiger partial charge in [-0.05, 0) is 42.0 Å². The largest absolute Gasteiger partial charge is 0.493 e. The Morgan fingerprint density at radius 2 is 1.61 bits per heavy atom. The van der Waals surface area contributed by atoms with Crippen molar-refractivity contribution in [2.75, 3.05) is 14.2 Å². The predicted molar refractivity (Wildman–Crippen MR) is 138 cm³/mol. The van der Waals surface area contributed by atoms with E-state index in [0.29, 0.717) is 33.5 Å². The highest BCUT2D eigenvalue weighted by Gasteiger charge is 2.26. The van der Waals surface area contributed by atoms with Crippen LogP contribution >= 0.6 is 0 Å². The third-order valence-electron chi connectivity index (χ3n) is 6.20. The highest BCUT2D eigenvalue weighted by atomic mass is 32.2. The lowest BCUT2D eigenvalue weighted by Crippen LogP contribution is -2.11. The molecule has 0 aliphatic heterocycles. The number of nitro benzene ring substituents is 1. The lowest BCUT2D eigenvalue weighted by molar-refractivity contribution is -0.384. The summed E-state index contributed by atoms with van der Waals surface area (Å²) in [6, 6.07) is 20.1. The Hall–Kier alpha value is -4.37. The van der Waals surface area contributed by atoms with E-state index < -0.39 is 14.9 Å². The third-order valence-corrected chi connectivity index (χ3v) is 7.89. The third kappa shape index (κ3) is 3.64. The fraction of sp³-hybridized carbons (Fsp3) is 0.111. The van der Waals surface area contributed by atoms with E-state index in [2.05, 4.69) is 0 Å². The number of ether oxygens (including phenoxy) is 2. The topological polar surface area (TPSA) is 101 Å². The predicted octanol–water partition coefficient (Wildman–Crippen LogP) is 5.93. The molecule has 0 N–H and O–H groups in total. The molecule has 36 heavy (non-hydrogen) atoms. The van der Waals surface area contributed by atoms with Crippen molar-refractivity contribution in [3.05, 3.63) is 94.7 Å². The number of aryl methyl sites for hydroxylation is 1. The number of nitro groups is 1. The maximum absolute atomic E-state index is 13.7. The number of hydrogen-bond acceptors (Lipinski definition) is 6. The van der Waals surface area contributed by atoms with Gasteiger partial charge in [0.15, 0.2) is 11.5 Å². The van der Waals surface area contributed by atoms with Crippen LogP contribution in [0.2, 0.25) is 0 Å². The summed E-state index contributed by atoms with van der Waals surface area (Å²) in [5.41, 5.74) is 2.13. The summed E-state index contributed by atoms with van der Waals surface area (Å²) < 4.78 is 39.9. The second kappa shape index (κ2) is 8.69. The summed E-state index contributed by atoms with van der Waals surface area (Å²) in [6.07, 6.45) is 1.49. The molecule has 0 bridgehead atoms. The zero-order valence-electron chi connectivity index (χ0n) is 19.8. The second-order valence-electron chi connectivity index (χ2n) is 8.32. The number of rotatable bonds is 6. The summed E-state index contributed by atoms with van der Waals surface area (Å²) in [6.45, 7) is 1.87. The van der Waals surface area contributed by atoms with Crippen molar-refractivity contribution >= 4 is 37.4 Å². The van der Waals surface area contributed by atoms with Gasteiger partial charge in [-0.3, -0.25) is 10.1 Å². The molecule has 0 aliphatic rings. The molecule has 5 aromatic rings. The van der Waals surface area contributed by atoms with Crippen LogP contribution in [0.15, 0.2) is 83.9 Å². The van der Waals surface area contributed by atoms with E-state index >= 15 is 0 Å². The van der Waals surface area contributed by atoms with Gasteiger partial charge in [0.2, 0.25) is 0 Å². The molecular weight excluding hydrogens is 480 g/mol. The molecule has 0 amide bonds. The molecule has 0 unspecified atom stereocenters. The lowest BCUT2D eigenvalue weighted by atomic mass is 9.96. The zero-order chi connectivity index (χ0) is 25.6. The number of nitrogens with zero attached hydrogens (tertiary/aromatic N) is 2. The van der Waals surface area contributed by atoms with Crippen molar-refractivity contribution < 1.29 is 22.8 Å². The maximum Gasteiger partial charge on any atom is 0.270 e. The molecule has 0 spiro atoms. The van der Waals surface area contributed by atoms with Crippen LogP contribution in [0.4, 0.5) is 5.69 Å². The molecule has 0 radical (unpaired) electrons. The second-order valence-corrected chi connectivity index (χ2v) is 10.1. The molecule has 0 aliphatic carbocycles. The van der Waals surface area contributed by atoms with Gasteiger partial charge in [-0.25, -0.2) is 12.4 Å². The number of fused-ring (bicyclic) bond motifs is 2. The molecule has 1 heterocycles. The van der Waals surface area contributed by atoms with Crippen molar-refractivity contribution in [1.82, 2.24) is 3.97 Å². The molecule has 9 heteroatoms. The Balaban J connectivity index is 1.92. The van der Waals surface area contributed by atoms with Crippen LogP contribution in [0.1, 0.15) is 5.56 Å². The minimum Gasteiger partial charge on any atom is -0.493 e. The van der Waals surface area contributed by atoms with Crippen molar-refractivity contribution in [3.63, 3.8) is 0 Å². The summed E-state index contributed by atoms with van der Waals surface area (Å²) in [7, 11) is -0.995. The van der Waals surface area contributed by atoms with Gasteiger partial charge in [0, 0.05) is 34.8 Å². The average molecular weight is 503 g/mol. The van der Waals surface area contributed by atoms with Gasteiger partial charge in [0.25, 0.3) is 15.7 Å². The number of aromatic nitrogens is 1. The zero-order valence-corrected chi connectivity index (χ0v) is 20.6. The Labute approximate surface area is 207 Å². The fourth-order valence-corrected chi connectivity index (χ4v) is 5.82. The van der Waals surface area contributed by atoms with E-state index in [-0.39, 0.29) is 10.6 Å². The Morgan fingerprint density at radius 3 is 2.28 bits per heavy atom. The molecular formula is C27H22N2O6S. The number of benzene rings is 4. The Morgan fingerprint density at radius 1 is 0.889 bits per heavy atom. The minimum atomic E-state index is -4.02. The van der Waals surface area contributed by atoms with Crippen molar-refractivity contribution in [2.24, 2.45) is 0 Å². The molecule has 8 nitrogen and oxygen atoms in total. The SMILES string of the molecule is COc1cc2ccccc2c(-c2cn(S(=O)(=O)c3ccc(C)cc3)c3ccc([N+](=O)[O-])cc23)c1OC. The van der Waals surface area contributed by atoms with Crippen LogP contribution in [0.5, 0.6) is 11.5 Å². The summed E-state index contributed by atoms with van der Waals surface area (Å²) in [5, 5.41) is 13.7. The quantitative estimate of drug-likeness (QED) is 0.211. The summed E-state index contributed by atoms with van der Waals surface area (Å²) in [5.74, 6) is 0.855. The van der Waals surface area contributed by atoms with Crippen LogP contribution < -0.4 is 9.47 Å². The van der Waals surface area contributed by atoms with Crippen LogP contribution in [0.3, 0.4) is 0 Å². The lowest BCUT2D eigenvalue weighted by Gasteiger charge is -2.15. The number of non-ortho nitro benzene ring substituents is 1. The first-order valence-electron chi connectivity index (χ1n) is 11.0. The monoisotopic (exact) mass is 502 g/mol. The van der Waals surface area contributed by atoms with Gasteiger partial charge in [-0.2, -0.15) is 0 Å². The van der Waals surface area contributed by atoms with Crippen LogP contribution in [-0.4, -0.2) is 31.5 Å². The molecule has 0 atom stereocenters. The maximum atomic E-state index is 13.7. The molecule has 0 saturated heterocycles. The molecule has 5 rings (SSSR count). The first-order valence-corrected chi connectivity index (χ1v) is 12.5. The van der Waals surface area contributed by atoms with Gasteiger partial charge in [0.05, 0.1) is 29.6 Å². The van der Waals surface area contributed by atoms with Crippen LogP contribution in [0.25, 0.3) is 32.8 Å². The summed E-state index contributed by atoms with van der Waals surface area (Å²) >= 11 is 0. The van der Waals surface area contributed by atoms with E-state index in [4.69, 9.17) is 9.47 Å². The van der Waals surface area contributed by atoms with Gasteiger partial charge in [-0.1, -0.05) is 42.0 Å². The number of hydrogen-bond donors (Lipinski definition) is 0. The highest BCUT2D eigenvalue weighted by Crippen LogP contribution is 2.47. The van der Waals surface area contributed by atoms with E-state index in [1.807, 2.05) is 37.3 Å². The van der Waals surface area contributed by atoms with Gasteiger partial charge < -0.3 is 9.47 Å². The Kier molecular flexibility index (Phi) is 5.64. The van der Waals surface area contributed by atoms with Crippen molar-refractivity contribution in [1.29, 1.82) is 0 Å². The standard InChI is InChI=1S/C27H22N2O6S/c1-17-8-11-20(12-9-17)36(32,33)28-16-23(22-15-19(29(30)31)10-13-24(22)28)26-21-7-5-4-6-18(21)14-25(34-2)27(26)35-3/h4-16H,1-3H3. The smallest absolute Gasteiger partial charge is 0.270 e. The highest BCUT2D eigenvalue weighted by molar-refractivity contribution is 7.90. The van der Waals surface area contributed by atoms with E-state index in [1.54, 1.807) is 24.3 Å². The molecule has 1 aromatic heterocycles. The van der Waals surface area contributed by atoms with E-state index in [0.717, 1.165) is 16.3 Å². The fourth-order valence-electron chi connectivity index (χ4n) is 4.45. The normalized spacial score (nSPS) is 11.6. The van der Waals surface area contributed by atoms with E-state index in [9.17, 15) is 18.5 Å². The van der Waals surface area contributed by atoms with Crippen molar-refractivity contribution in [3.8, 4) is 22.6 Å². The molecule has 0 fully saturated rings. The first kappa shape index (κ1) is 23.4. The van der Waals surface area contributed by atoms with Gasteiger partial charge >= 0.3 is 0 Å². The van der Waals surface area contributed by atoms with Gasteiger partial charge in [0.1, 0.15) is 0 Å². The van der Waals surface area contributed by atoms with Crippen LogP contribution in [0, 0.1) is 17.0 Å². The summed E-state index contributed by atoms with van der Waals surface area (Å²) in [4.78, 5) is 11.2. The molecule has 4 aromatic carbocycles. The Bertz CT molecular complexity index is 1760. The minimum absolute atomic E-state index is 0.109. The van der Waals surface area contributed by atoms with Crippen LogP contribution in [-0.2, 0) is 10.0 Å². The molecule has 182 valence electrons. The first-order chi connectivity index (χ1) is 17.3. The number of methoxy groups -OCH3 is 2. The van der Waals surface area contributed by atoms with E-state index in [1.165, 1.54) is 42.6 Å². The molecule has 0 saturated carbocycles. The van der Waals surface area contributed by atoms with Gasteiger partial charge in [-0.15, -0.1) is 0 Å². The van der Waals surface area contributed by atoms with Crippen molar-refractivity contribution in [2.45, 2.75) is 11.8 Å².